The molecule has 0 radical (unpaired) electrons. The van der Waals surface area contributed by atoms with E-state index in [1.807, 2.05) is 36.4 Å². The highest BCUT2D eigenvalue weighted by Gasteiger charge is 2.12. The fourth-order valence-corrected chi connectivity index (χ4v) is 2.46. The third-order valence-corrected chi connectivity index (χ3v) is 4.01. The maximum Gasteiger partial charge on any atom is 0.339 e. The lowest BCUT2D eigenvalue weighted by Crippen LogP contribution is -2.21. The van der Waals surface area contributed by atoms with E-state index in [2.05, 4.69) is 34.8 Å². The highest BCUT2D eigenvalue weighted by atomic mass is 127. The topological polar surface area (TPSA) is 55.4 Å². The minimum absolute atomic E-state index is 0.306. The molecule has 2 aromatic carbocycles. The van der Waals surface area contributed by atoms with Gasteiger partial charge in [0.05, 0.1) is 5.56 Å². The summed E-state index contributed by atoms with van der Waals surface area (Å²) in [4.78, 5) is 23.7. The van der Waals surface area contributed by atoms with Crippen molar-refractivity contribution in [2.45, 2.75) is 13.3 Å². The molecular weight excluding hydrogens is 393 g/mol. The van der Waals surface area contributed by atoms with E-state index in [4.69, 9.17) is 4.74 Å². The molecule has 0 fully saturated rings. The number of nitrogens with one attached hydrogen (secondary N) is 1. The predicted octanol–water partition coefficient (Wildman–Crippen LogP) is 3.65. The summed E-state index contributed by atoms with van der Waals surface area (Å²) in [5.41, 5.74) is 2.35. The van der Waals surface area contributed by atoms with Gasteiger partial charge < -0.3 is 10.1 Å². The Hall–Kier alpha value is -1.89. The van der Waals surface area contributed by atoms with Crippen molar-refractivity contribution in [1.82, 2.24) is 0 Å². The molecule has 0 spiro atoms. The molecule has 0 aliphatic rings. The van der Waals surface area contributed by atoms with Crippen LogP contribution in [0.1, 0.15) is 22.8 Å². The molecule has 0 bridgehead atoms. The van der Waals surface area contributed by atoms with Gasteiger partial charge in [0.15, 0.2) is 6.61 Å². The van der Waals surface area contributed by atoms with Gasteiger partial charge in [-0.25, -0.2) is 4.79 Å². The van der Waals surface area contributed by atoms with Crippen LogP contribution in [-0.4, -0.2) is 18.5 Å². The minimum atomic E-state index is -0.499. The van der Waals surface area contributed by atoms with E-state index in [0.29, 0.717) is 11.3 Å². The molecule has 2 rings (SSSR count). The first-order valence-corrected chi connectivity index (χ1v) is 7.98. The van der Waals surface area contributed by atoms with Gasteiger partial charge in [0.1, 0.15) is 0 Å². The number of hydrogen-bond donors (Lipinski definition) is 1. The lowest BCUT2D eigenvalue weighted by atomic mass is 10.1. The summed E-state index contributed by atoms with van der Waals surface area (Å²) < 4.78 is 5.82. The monoisotopic (exact) mass is 409 g/mol. The quantitative estimate of drug-likeness (QED) is 0.606. The van der Waals surface area contributed by atoms with Crippen LogP contribution in [0.4, 0.5) is 5.69 Å². The van der Waals surface area contributed by atoms with Gasteiger partial charge in [-0.15, -0.1) is 0 Å². The predicted molar refractivity (Wildman–Crippen MR) is 93.9 cm³/mol. The molecule has 0 heterocycles. The van der Waals surface area contributed by atoms with Crippen molar-refractivity contribution in [1.29, 1.82) is 0 Å². The van der Waals surface area contributed by atoms with Gasteiger partial charge in [-0.2, -0.15) is 0 Å². The van der Waals surface area contributed by atoms with Crippen LogP contribution in [0.5, 0.6) is 0 Å². The molecule has 4 nitrogen and oxygen atoms in total. The zero-order valence-corrected chi connectivity index (χ0v) is 14.3. The molecule has 114 valence electrons. The summed E-state index contributed by atoms with van der Waals surface area (Å²) in [7, 11) is 0. The van der Waals surface area contributed by atoms with Gasteiger partial charge >= 0.3 is 5.97 Å². The first-order chi connectivity index (χ1) is 10.6. The average Bonchev–Trinajstić information content (AvgIpc) is 2.54. The number of aryl methyl sites for hydroxylation is 1. The molecule has 0 saturated heterocycles. The summed E-state index contributed by atoms with van der Waals surface area (Å²) in [6, 6.07) is 14.6. The van der Waals surface area contributed by atoms with Crippen molar-refractivity contribution in [2.24, 2.45) is 0 Å². The largest absolute Gasteiger partial charge is 0.452 e. The lowest BCUT2D eigenvalue weighted by Gasteiger charge is -2.08. The number of carbonyl (C=O) groups is 2. The van der Waals surface area contributed by atoms with Gasteiger partial charge in [0.2, 0.25) is 0 Å². The molecule has 0 saturated carbocycles. The van der Waals surface area contributed by atoms with Crippen molar-refractivity contribution >= 4 is 40.2 Å². The Morgan fingerprint density at radius 3 is 2.41 bits per heavy atom. The van der Waals surface area contributed by atoms with Crippen molar-refractivity contribution in [3.05, 3.63) is 63.2 Å². The lowest BCUT2D eigenvalue weighted by molar-refractivity contribution is -0.119. The van der Waals surface area contributed by atoms with E-state index >= 15 is 0 Å². The average molecular weight is 409 g/mol. The van der Waals surface area contributed by atoms with Crippen LogP contribution >= 0.6 is 22.6 Å². The van der Waals surface area contributed by atoms with Gasteiger partial charge in [0.25, 0.3) is 5.91 Å². The SMILES string of the molecule is CCc1ccc(NC(=O)COC(=O)c2ccccc2I)cc1. The molecule has 5 heteroatoms. The molecular formula is C17H16INO3. The van der Waals surface area contributed by atoms with Crippen LogP contribution in [-0.2, 0) is 16.0 Å². The zero-order valence-electron chi connectivity index (χ0n) is 12.1. The number of rotatable bonds is 5. The minimum Gasteiger partial charge on any atom is -0.452 e. The maximum atomic E-state index is 11.9. The second kappa shape index (κ2) is 7.93. The fourth-order valence-electron chi connectivity index (χ4n) is 1.86. The van der Waals surface area contributed by atoms with Gasteiger partial charge in [-0.3, -0.25) is 4.79 Å². The fraction of sp³-hybridized carbons (Fsp3) is 0.176. The highest BCUT2D eigenvalue weighted by molar-refractivity contribution is 14.1. The number of hydrogen-bond acceptors (Lipinski definition) is 3. The second-order valence-corrected chi connectivity index (χ2v) is 5.82. The van der Waals surface area contributed by atoms with E-state index in [9.17, 15) is 9.59 Å². The summed E-state index contributed by atoms with van der Waals surface area (Å²) >= 11 is 2.06. The molecule has 22 heavy (non-hydrogen) atoms. The van der Waals surface area contributed by atoms with Gasteiger partial charge in [0, 0.05) is 9.26 Å². The van der Waals surface area contributed by atoms with Crippen molar-refractivity contribution in [3.63, 3.8) is 0 Å². The van der Waals surface area contributed by atoms with E-state index in [1.54, 1.807) is 12.1 Å². The highest BCUT2D eigenvalue weighted by Crippen LogP contribution is 2.13. The Kier molecular flexibility index (Phi) is 5.94. The number of ether oxygens (including phenoxy) is 1. The molecule has 0 aliphatic carbocycles. The van der Waals surface area contributed by atoms with E-state index in [0.717, 1.165) is 9.99 Å². The Balaban J connectivity index is 1.87. The van der Waals surface area contributed by atoms with E-state index < -0.39 is 5.97 Å². The summed E-state index contributed by atoms with van der Waals surface area (Å²) in [5.74, 6) is -0.856. The third-order valence-electron chi connectivity index (χ3n) is 3.07. The van der Waals surface area contributed by atoms with Crippen molar-refractivity contribution in [2.75, 3.05) is 11.9 Å². The molecule has 0 aliphatic heterocycles. The van der Waals surface area contributed by atoms with Gasteiger partial charge in [-0.1, -0.05) is 31.2 Å². The van der Waals surface area contributed by atoms with Crippen molar-refractivity contribution < 1.29 is 14.3 Å². The first-order valence-electron chi connectivity index (χ1n) is 6.90. The molecule has 2 aromatic rings. The van der Waals surface area contributed by atoms with Gasteiger partial charge in [-0.05, 0) is 58.8 Å². The molecule has 1 amide bonds. The second-order valence-electron chi connectivity index (χ2n) is 4.65. The van der Waals surface area contributed by atoms with Crippen LogP contribution < -0.4 is 5.32 Å². The molecule has 0 unspecified atom stereocenters. The van der Waals surface area contributed by atoms with Crippen molar-refractivity contribution in [3.8, 4) is 0 Å². The van der Waals surface area contributed by atoms with Crippen LogP contribution in [0.25, 0.3) is 0 Å². The number of esters is 1. The van der Waals surface area contributed by atoms with E-state index in [1.165, 1.54) is 5.56 Å². The first kappa shape index (κ1) is 16.5. The Labute approximate surface area is 143 Å². The standard InChI is InChI=1S/C17H16INO3/c1-2-12-7-9-13(10-8-12)19-16(20)11-22-17(21)14-5-3-4-6-15(14)18/h3-10H,2,11H2,1H3,(H,19,20). The number of anilines is 1. The molecule has 0 aromatic heterocycles. The Morgan fingerprint density at radius 2 is 1.77 bits per heavy atom. The van der Waals surface area contributed by atoms with Crippen LogP contribution in [0.3, 0.4) is 0 Å². The summed E-state index contributed by atoms with van der Waals surface area (Å²) in [6.45, 7) is 1.76. The maximum absolute atomic E-state index is 11.9. The summed E-state index contributed by atoms with van der Waals surface area (Å²) in [6.07, 6.45) is 0.946. The zero-order chi connectivity index (χ0) is 15.9. The normalized spacial score (nSPS) is 10.1. The number of benzene rings is 2. The number of halogens is 1. The Morgan fingerprint density at radius 1 is 1.09 bits per heavy atom. The van der Waals surface area contributed by atoms with Crippen LogP contribution in [0.2, 0.25) is 0 Å². The molecule has 0 atom stereocenters. The third kappa shape index (κ3) is 4.56. The Bertz CT molecular complexity index is 668. The molecule has 1 N–H and O–H groups in total. The van der Waals surface area contributed by atoms with Crippen LogP contribution in [0, 0.1) is 3.57 Å². The summed E-state index contributed by atoms with van der Waals surface area (Å²) in [5, 5.41) is 2.70. The van der Waals surface area contributed by atoms with Crippen LogP contribution in [0.15, 0.2) is 48.5 Å². The number of amides is 1. The smallest absolute Gasteiger partial charge is 0.339 e. The van der Waals surface area contributed by atoms with E-state index in [-0.39, 0.29) is 12.5 Å². The number of carbonyl (C=O) groups excluding carboxylic acids is 2.